The van der Waals surface area contributed by atoms with E-state index < -0.39 is 10.9 Å². The average molecular weight is 292 g/mol. The molecule has 1 saturated heterocycles. The highest BCUT2D eigenvalue weighted by molar-refractivity contribution is 5.86. The molecule has 112 valence electrons. The van der Waals surface area contributed by atoms with Crippen molar-refractivity contribution in [2.45, 2.75) is 13.0 Å². The molecule has 21 heavy (non-hydrogen) atoms. The first-order valence-corrected chi connectivity index (χ1v) is 6.53. The van der Waals surface area contributed by atoms with Gasteiger partial charge in [0.25, 0.3) is 5.69 Å². The molecule has 1 aliphatic rings. The Balaban J connectivity index is 2.34. The van der Waals surface area contributed by atoms with Crippen molar-refractivity contribution in [1.29, 1.82) is 0 Å². The molecule has 7 nitrogen and oxygen atoms in total. The smallest absolute Gasteiger partial charge is 0.328 e. The number of anilines is 1. The highest BCUT2D eigenvalue weighted by Crippen LogP contribution is 2.27. The van der Waals surface area contributed by atoms with Crippen LogP contribution in [0.1, 0.15) is 12.5 Å². The zero-order valence-corrected chi connectivity index (χ0v) is 11.6. The van der Waals surface area contributed by atoms with E-state index in [2.05, 4.69) is 4.90 Å². The van der Waals surface area contributed by atoms with E-state index in [1.54, 1.807) is 12.1 Å². The van der Waals surface area contributed by atoms with E-state index in [0.29, 0.717) is 19.7 Å². The first-order chi connectivity index (χ1) is 9.97. The number of carboxylic acids is 1. The average Bonchev–Trinajstić information content (AvgIpc) is 2.44. The quantitative estimate of drug-likeness (QED) is 0.517. The van der Waals surface area contributed by atoms with E-state index in [9.17, 15) is 14.9 Å². The van der Waals surface area contributed by atoms with E-state index in [1.807, 2.05) is 6.92 Å². The van der Waals surface area contributed by atoms with Crippen molar-refractivity contribution in [3.05, 3.63) is 40.0 Å². The van der Waals surface area contributed by atoms with Crippen molar-refractivity contribution < 1.29 is 19.6 Å². The maximum absolute atomic E-state index is 11.0. The third-order valence-electron chi connectivity index (χ3n) is 3.22. The molecular weight excluding hydrogens is 276 g/mol. The van der Waals surface area contributed by atoms with Crippen LogP contribution in [0.15, 0.2) is 24.3 Å². The Morgan fingerprint density at radius 3 is 2.95 bits per heavy atom. The Morgan fingerprint density at radius 1 is 1.57 bits per heavy atom. The molecule has 0 saturated carbocycles. The van der Waals surface area contributed by atoms with Gasteiger partial charge >= 0.3 is 5.97 Å². The maximum atomic E-state index is 11.0. The van der Waals surface area contributed by atoms with Crippen LogP contribution in [0.25, 0.3) is 6.08 Å². The first-order valence-electron chi connectivity index (χ1n) is 6.53. The molecule has 0 spiro atoms. The largest absolute Gasteiger partial charge is 0.478 e. The number of nitro groups is 1. The second-order valence-corrected chi connectivity index (χ2v) is 4.80. The van der Waals surface area contributed by atoms with Crippen molar-refractivity contribution in [2.75, 3.05) is 24.6 Å². The van der Waals surface area contributed by atoms with Gasteiger partial charge in [-0.15, -0.1) is 0 Å². The van der Waals surface area contributed by atoms with E-state index in [-0.39, 0.29) is 17.4 Å². The van der Waals surface area contributed by atoms with Crippen molar-refractivity contribution in [3.63, 3.8) is 0 Å². The molecule has 1 aromatic rings. The van der Waals surface area contributed by atoms with Gasteiger partial charge < -0.3 is 14.7 Å². The Kier molecular flexibility index (Phi) is 4.54. The van der Waals surface area contributed by atoms with Crippen LogP contribution in [-0.4, -0.2) is 41.8 Å². The number of hydrogen-bond acceptors (Lipinski definition) is 5. The van der Waals surface area contributed by atoms with Crippen molar-refractivity contribution in [2.24, 2.45) is 0 Å². The summed E-state index contributed by atoms with van der Waals surface area (Å²) in [6.07, 6.45) is 2.23. The van der Waals surface area contributed by atoms with Crippen LogP contribution < -0.4 is 4.90 Å². The van der Waals surface area contributed by atoms with Crippen molar-refractivity contribution >= 4 is 23.4 Å². The zero-order chi connectivity index (χ0) is 15.4. The summed E-state index contributed by atoms with van der Waals surface area (Å²) in [4.78, 5) is 23.1. The number of hydrogen-bond donors (Lipinski definition) is 1. The number of ether oxygens (including phenoxy) is 1. The summed E-state index contributed by atoms with van der Waals surface area (Å²) < 4.78 is 5.46. The minimum atomic E-state index is -1.14. The third kappa shape index (κ3) is 3.79. The minimum Gasteiger partial charge on any atom is -0.478 e. The molecule has 1 atom stereocenters. The second-order valence-electron chi connectivity index (χ2n) is 4.80. The molecule has 0 radical (unpaired) electrons. The molecule has 1 heterocycles. The van der Waals surface area contributed by atoms with E-state index >= 15 is 0 Å². The highest BCUT2D eigenvalue weighted by Gasteiger charge is 2.19. The Hall–Kier alpha value is -2.41. The molecule has 2 rings (SSSR count). The lowest BCUT2D eigenvalue weighted by Gasteiger charge is -2.33. The molecule has 0 aromatic heterocycles. The summed E-state index contributed by atoms with van der Waals surface area (Å²) in [5.41, 5.74) is 0.984. The van der Waals surface area contributed by atoms with Crippen LogP contribution in [0.3, 0.4) is 0 Å². The predicted octanol–water partition coefficient (Wildman–Crippen LogP) is 1.92. The number of rotatable bonds is 4. The van der Waals surface area contributed by atoms with Gasteiger partial charge in [0.05, 0.1) is 23.2 Å². The summed E-state index contributed by atoms with van der Waals surface area (Å²) in [5.74, 6) is -1.14. The fraction of sp³-hybridized carbons (Fsp3) is 0.357. The molecule has 7 heteroatoms. The molecule has 1 aliphatic heterocycles. The van der Waals surface area contributed by atoms with Gasteiger partial charge in [-0.05, 0) is 25.1 Å². The van der Waals surface area contributed by atoms with Gasteiger partial charge in [-0.1, -0.05) is 0 Å². The van der Waals surface area contributed by atoms with Gasteiger partial charge in [0.15, 0.2) is 0 Å². The molecule has 1 N–H and O–H groups in total. The van der Waals surface area contributed by atoms with Crippen molar-refractivity contribution in [1.82, 2.24) is 0 Å². The first kappa shape index (κ1) is 15.0. The van der Waals surface area contributed by atoms with Gasteiger partial charge in [-0.25, -0.2) is 4.79 Å². The third-order valence-corrected chi connectivity index (χ3v) is 3.22. The lowest BCUT2D eigenvalue weighted by atomic mass is 10.1. The lowest BCUT2D eigenvalue weighted by molar-refractivity contribution is -0.385. The SMILES string of the molecule is CC1CN(c2ccc([N+](=O)[O-])c(/C=C/C(=O)O)c2)CCO1. The van der Waals surface area contributed by atoms with Gasteiger partial charge in [-0.3, -0.25) is 10.1 Å². The summed E-state index contributed by atoms with van der Waals surface area (Å²) in [5, 5.41) is 19.7. The molecule has 1 fully saturated rings. The van der Waals surface area contributed by atoms with Crippen LogP contribution in [-0.2, 0) is 9.53 Å². The van der Waals surface area contributed by atoms with E-state index in [1.165, 1.54) is 12.1 Å². The van der Waals surface area contributed by atoms with Crippen LogP contribution >= 0.6 is 0 Å². The van der Waals surface area contributed by atoms with Crippen molar-refractivity contribution in [3.8, 4) is 0 Å². The van der Waals surface area contributed by atoms with Crippen LogP contribution in [0.4, 0.5) is 11.4 Å². The van der Waals surface area contributed by atoms with Gasteiger partial charge in [0.2, 0.25) is 0 Å². The summed E-state index contributed by atoms with van der Waals surface area (Å²) in [6, 6.07) is 4.71. The van der Waals surface area contributed by atoms with Crippen LogP contribution in [0.2, 0.25) is 0 Å². The molecule has 0 bridgehead atoms. The molecule has 0 aliphatic carbocycles. The number of nitro benzene ring substituents is 1. The standard InChI is InChI=1S/C14H16N2O5/c1-10-9-15(6-7-21-10)12-3-4-13(16(19)20)11(8-12)2-5-14(17)18/h2-5,8,10H,6-7,9H2,1H3,(H,17,18)/b5-2+. The number of morpholine rings is 1. The minimum absolute atomic E-state index is 0.0898. The predicted molar refractivity (Wildman–Crippen MR) is 77.4 cm³/mol. The second kappa shape index (κ2) is 6.36. The zero-order valence-electron chi connectivity index (χ0n) is 11.6. The monoisotopic (exact) mass is 292 g/mol. The molecular formula is C14H16N2O5. The summed E-state index contributed by atoms with van der Waals surface area (Å²) >= 11 is 0. The van der Waals surface area contributed by atoms with Gasteiger partial charge in [0, 0.05) is 30.9 Å². The number of benzene rings is 1. The highest BCUT2D eigenvalue weighted by atomic mass is 16.6. The normalized spacial score (nSPS) is 18.9. The fourth-order valence-electron chi connectivity index (χ4n) is 2.25. The summed E-state index contributed by atoms with van der Waals surface area (Å²) in [7, 11) is 0. The number of nitrogens with zero attached hydrogens (tertiary/aromatic N) is 2. The lowest BCUT2D eigenvalue weighted by Crippen LogP contribution is -2.41. The van der Waals surface area contributed by atoms with Crippen LogP contribution in [0.5, 0.6) is 0 Å². The summed E-state index contributed by atoms with van der Waals surface area (Å²) in [6.45, 7) is 3.95. The van der Waals surface area contributed by atoms with Gasteiger partial charge in [0.1, 0.15) is 0 Å². The van der Waals surface area contributed by atoms with Crippen LogP contribution in [0, 0.1) is 10.1 Å². The fourth-order valence-corrected chi connectivity index (χ4v) is 2.25. The number of carboxylic acid groups (broad SMARTS) is 1. The van der Waals surface area contributed by atoms with E-state index in [4.69, 9.17) is 9.84 Å². The number of aliphatic carboxylic acids is 1. The number of carbonyl (C=O) groups is 1. The maximum Gasteiger partial charge on any atom is 0.328 e. The molecule has 1 unspecified atom stereocenters. The topological polar surface area (TPSA) is 92.9 Å². The van der Waals surface area contributed by atoms with Gasteiger partial charge in [-0.2, -0.15) is 0 Å². The Labute approximate surface area is 121 Å². The Morgan fingerprint density at radius 2 is 2.33 bits per heavy atom. The Bertz CT molecular complexity index is 585. The van der Waals surface area contributed by atoms with E-state index in [0.717, 1.165) is 11.8 Å². The molecule has 1 aromatic carbocycles. The molecule has 0 amide bonds.